The van der Waals surface area contributed by atoms with Crippen LogP contribution in [0.2, 0.25) is 5.15 Å². The molecule has 0 bridgehead atoms. The fourth-order valence-electron chi connectivity index (χ4n) is 2.70. The van der Waals surface area contributed by atoms with E-state index >= 15 is 0 Å². The summed E-state index contributed by atoms with van der Waals surface area (Å²) in [5.41, 5.74) is 0.521. The number of hydrogen-bond acceptors (Lipinski definition) is 7. The minimum Gasteiger partial charge on any atom is -0.545 e. The second-order valence-electron chi connectivity index (χ2n) is 6.19. The number of halogens is 1. The summed E-state index contributed by atoms with van der Waals surface area (Å²) in [6, 6.07) is 4.15. The molecule has 1 aromatic carbocycles. The molecule has 2 aromatic heterocycles. The number of carbonyl (C=O) groups is 2. The number of aromatic carboxylic acids is 1. The Labute approximate surface area is 223 Å². The Kier molecular flexibility index (Phi) is 8.92. The maximum absolute atomic E-state index is 12.3. The molecule has 0 atom stereocenters. The Morgan fingerprint density at radius 2 is 2.03 bits per heavy atom. The quantitative estimate of drug-likeness (QED) is 0.402. The fraction of sp³-hybridized carbons (Fsp3) is 0.211. The van der Waals surface area contributed by atoms with Gasteiger partial charge in [0.25, 0.3) is 0 Å². The molecule has 0 fully saturated rings. The number of nitrogens with one attached hydrogen (secondary N) is 1. The van der Waals surface area contributed by atoms with Gasteiger partial charge >= 0.3 is 51.4 Å². The number of carboxylic acid groups (broad SMARTS) is 1. The molecule has 30 heavy (non-hydrogen) atoms. The fourth-order valence-corrected chi connectivity index (χ4v) is 4.03. The summed E-state index contributed by atoms with van der Waals surface area (Å²) in [7, 11) is 0. The van der Waals surface area contributed by atoms with Crippen molar-refractivity contribution in [2.45, 2.75) is 26.3 Å². The third kappa shape index (κ3) is 5.85. The van der Waals surface area contributed by atoms with Gasteiger partial charge in [-0.25, -0.2) is 4.98 Å². The summed E-state index contributed by atoms with van der Waals surface area (Å²) in [6.45, 7) is 2.40. The number of carbonyl (C=O) groups excluding carboxylic acids is 2. The van der Waals surface area contributed by atoms with Crippen LogP contribution in [0.1, 0.15) is 28.6 Å². The SMILES string of the molecule is CCn1cc(NC(=O)CCc2sc(-c3ccc(O)cc3O)nc2Cl)c(C(=O)[O-])c1.[K+]. The van der Waals surface area contributed by atoms with E-state index in [2.05, 4.69) is 10.3 Å². The standard InChI is InChI=1S/C19H18ClN3O5S.K/c1-2-23-8-12(19(27)28)13(9-23)21-16(26)6-5-15-17(20)22-18(29-15)11-4-3-10(24)7-14(11)25;/h3-4,7-9,24-25H,2,5-6H2,1H3,(H,21,26)(H,27,28);/q;+1/p-1. The molecule has 0 spiro atoms. The van der Waals surface area contributed by atoms with Crippen molar-refractivity contribution < 1.29 is 76.3 Å². The summed E-state index contributed by atoms with van der Waals surface area (Å²) >= 11 is 7.38. The molecule has 0 unspecified atom stereocenters. The summed E-state index contributed by atoms with van der Waals surface area (Å²) in [5, 5.41) is 33.8. The topological polar surface area (TPSA) is 128 Å². The van der Waals surface area contributed by atoms with E-state index in [1.54, 1.807) is 4.57 Å². The van der Waals surface area contributed by atoms with Gasteiger partial charge in [-0.15, -0.1) is 11.3 Å². The molecule has 0 aliphatic rings. The molecule has 0 radical (unpaired) electrons. The van der Waals surface area contributed by atoms with Crippen molar-refractivity contribution in [1.29, 1.82) is 0 Å². The number of phenols is 2. The van der Waals surface area contributed by atoms with E-state index in [1.807, 2.05) is 6.92 Å². The van der Waals surface area contributed by atoms with Gasteiger partial charge in [0.2, 0.25) is 5.91 Å². The molecule has 2 heterocycles. The van der Waals surface area contributed by atoms with Crippen LogP contribution in [0.5, 0.6) is 11.5 Å². The number of aromatic hydroxyl groups is 2. The summed E-state index contributed by atoms with van der Waals surface area (Å²) < 4.78 is 1.64. The number of hydrogen-bond donors (Lipinski definition) is 3. The van der Waals surface area contributed by atoms with E-state index in [0.29, 0.717) is 22.0 Å². The van der Waals surface area contributed by atoms with Gasteiger partial charge in [0.15, 0.2) is 0 Å². The number of nitrogens with zero attached hydrogens (tertiary/aromatic N) is 2. The first-order chi connectivity index (χ1) is 13.8. The molecular formula is C19H17ClKN3O5S. The third-order valence-corrected chi connectivity index (χ3v) is 5.75. The maximum atomic E-state index is 12.3. The molecule has 152 valence electrons. The second kappa shape index (κ2) is 10.8. The van der Waals surface area contributed by atoms with Crippen LogP contribution in [0, 0.1) is 0 Å². The smallest absolute Gasteiger partial charge is 0.545 e. The van der Waals surface area contributed by atoms with Crippen molar-refractivity contribution in [3.8, 4) is 22.1 Å². The van der Waals surface area contributed by atoms with Crippen molar-refractivity contribution in [1.82, 2.24) is 9.55 Å². The van der Waals surface area contributed by atoms with Crippen molar-refractivity contribution in [2.24, 2.45) is 0 Å². The molecule has 0 aliphatic carbocycles. The van der Waals surface area contributed by atoms with Crippen molar-refractivity contribution >= 4 is 40.5 Å². The van der Waals surface area contributed by atoms with Crippen LogP contribution < -0.4 is 61.8 Å². The zero-order chi connectivity index (χ0) is 21.1. The molecule has 3 aromatic rings. The summed E-state index contributed by atoms with van der Waals surface area (Å²) in [6.07, 6.45) is 3.29. The molecule has 11 heteroatoms. The van der Waals surface area contributed by atoms with Crippen molar-refractivity contribution in [3.63, 3.8) is 0 Å². The number of benzene rings is 1. The summed E-state index contributed by atoms with van der Waals surface area (Å²) in [5.74, 6) is -1.94. The first-order valence-corrected chi connectivity index (χ1v) is 9.86. The van der Waals surface area contributed by atoms with Crippen LogP contribution in [0.3, 0.4) is 0 Å². The predicted octanol–water partition coefficient (Wildman–Crippen LogP) is -0.365. The van der Waals surface area contributed by atoms with Gasteiger partial charge in [-0.1, -0.05) is 11.6 Å². The van der Waals surface area contributed by atoms with Gasteiger partial charge in [-0.05, 0) is 25.5 Å². The average Bonchev–Trinajstić information content (AvgIpc) is 3.23. The monoisotopic (exact) mass is 473 g/mol. The average molecular weight is 474 g/mol. The number of aromatic nitrogens is 2. The van der Waals surface area contributed by atoms with E-state index in [-0.39, 0.29) is 98.0 Å². The molecule has 3 N–H and O–H groups in total. The molecule has 0 saturated heterocycles. The van der Waals surface area contributed by atoms with Crippen LogP contribution in [-0.2, 0) is 17.8 Å². The second-order valence-corrected chi connectivity index (χ2v) is 7.63. The molecular weight excluding hydrogens is 457 g/mol. The predicted molar refractivity (Wildman–Crippen MR) is 107 cm³/mol. The Morgan fingerprint density at radius 1 is 1.30 bits per heavy atom. The minimum atomic E-state index is -1.36. The molecule has 3 rings (SSSR count). The minimum absolute atomic E-state index is 0. The van der Waals surface area contributed by atoms with Gasteiger partial charge in [0.05, 0.1) is 17.2 Å². The van der Waals surface area contributed by atoms with Gasteiger partial charge < -0.3 is 30.0 Å². The van der Waals surface area contributed by atoms with Crippen LogP contribution in [0.25, 0.3) is 10.6 Å². The van der Waals surface area contributed by atoms with Crippen molar-refractivity contribution in [2.75, 3.05) is 5.32 Å². The number of rotatable bonds is 7. The Hall–Kier alpha value is -1.40. The number of anilines is 1. The zero-order valence-corrected chi connectivity index (χ0v) is 21.0. The van der Waals surface area contributed by atoms with Crippen LogP contribution in [-0.4, -0.2) is 31.6 Å². The molecule has 1 amide bonds. The Balaban J connectivity index is 0.00000320. The number of carboxylic acids is 1. The normalized spacial score (nSPS) is 10.5. The number of thiazole rings is 1. The zero-order valence-electron chi connectivity index (χ0n) is 16.3. The van der Waals surface area contributed by atoms with E-state index in [1.165, 1.54) is 41.9 Å². The van der Waals surface area contributed by atoms with Gasteiger partial charge in [0, 0.05) is 41.9 Å². The summed E-state index contributed by atoms with van der Waals surface area (Å²) in [4.78, 5) is 28.3. The molecule has 0 aliphatic heterocycles. The van der Waals surface area contributed by atoms with Crippen LogP contribution in [0.4, 0.5) is 5.69 Å². The van der Waals surface area contributed by atoms with Gasteiger partial charge in [-0.3, -0.25) is 4.79 Å². The first kappa shape index (κ1) is 24.9. The van der Waals surface area contributed by atoms with Gasteiger partial charge in [-0.2, -0.15) is 0 Å². The number of aryl methyl sites for hydroxylation is 2. The van der Waals surface area contributed by atoms with Crippen molar-refractivity contribution in [3.05, 3.63) is 46.2 Å². The number of amides is 1. The van der Waals surface area contributed by atoms with E-state index in [9.17, 15) is 24.9 Å². The Morgan fingerprint density at radius 3 is 2.67 bits per heavy atom. The third-order valence-electron chi connectivity index (χ3n) is 4.18. The van der Waals surface area contributed by atoms with E-state index in [4.69, 9.17) is 11.6 Å². The van der Waals surface area contributed by atoms with Crippen LogP contribution in [0.15, 0.2) is 30.6 Å². The maximum Gasteiger partial charge on any atom is 1.00 e. The number of phenolic OH excluding ortho intramolecular Hbond substituents is 2. The van der Waals surface area contributed by atoms with E-state index < -0.39 is 5.97 Å². The van der Waals surface area contributed by atoms with E-state index in [0.717, 1.165) is 0 Å². The first-order valence-electron chi connectivity index (χ1n) is 8.67. The van der Waals surface area contributed by atoms with Crippen LogP contribution >= 0.6 is 22.9 Å². The molecule has 0 saturated carbocycles. The largest absolute Gasteiger partial charge is 1.00 e. The molecule has 8 nitrogen and oxygen atoms in total. The van der Waals surface area contributed by atoms with Gasteiger partial charge in [0.1, 0.15) is 21.7 Å². The Bertz CT molecular complexity index is 1080.